The van der Waals surface area contributed by atoms with E-state index in [2.05, 4.69) is 19.2 Å². The maximum absolute atomic E-state index is 11.7. The highest BCUT2D eigenvalue weighted by Crippen LogP contribution is 2.39. The predicted molar refractivity (Wildman–Crippen MR) is 77.8 cm³/mol. The van der Waals surface area contributed by atoms with Crippen LogP contribution in [0.4, 0.5) is 0 Å². The van der Waals surface area contributed by atoms with Crippen LogP contribution in [0.1, 0.15) is 52.4 Å². The summed E-state index contributed by atoms with van der Waals surface area (Å²) in [6.07, 6.45) is 6.95. The number of hydrogen-bond acceptors (Lipinski definition) is 3. The SMILES string of the molecule is CCCCC(CC)COCC(NC)(C(N)=O)C1CC1. The molecule has 2 atom stereocenters. The molecule has 1 amide bonds. The third kappa shape index (κ3) is 4.46. The fourth-order valence-corrected chi connectivity index (χ4v) is 2.65. The Kier molecular flexibility index (Phi) is 6.80. The summed E-state index contributed by atoms with van der Waals surface area (Å²) in [5.74, 6) is 0.673. The van der Waals surface area contributed by atoms with Crippen LogP contribution in [0.15, 0.2) is 0 Å². The Bertz CT molecular complexity index is 279. The van der Waals surface area contributed by atoms with Gasteiger partial charge in [-0.1, -0.05) is 33.1 Å². The standard InChI is InChI=1S/C15H30N2O2/c1-4-6-7-12(5-2)10-19-11-15(17-3,14(16)18)13-8-9-13/h12-13,17H,4-11H2,1-3H3,(H2,16,18). The number of amides is 1. The number of carbonyl (C=O) groups excluding carboxylic acids is 1. The van der Waals surface area contributed by atoms with Gasteiger partial charge in [-0.3, -0.25) is 4.79 Å². The van der Waals surface area contributed by atoms with E-state index in [1.807, 2.05) is 0 Å². The maximum Gasteiger partial charge on any atom is 0.240 e. The molecule has 3 N–H and O–H groups in total. The molecule has 19 heavy (non-hydrogen) atoms. The van der Waals surface area contributed by atoms with Crippen LogP contribution in [0.5, 0.6) is 0 Å². The molecule has 0 bridgehead atoms. The molecule has 1 aliphatic rings. The number of nitrogens with two attached hydrogens (primary N) is 1. The minimum Gasteiger partial charge on any atom is -0.379 e. The lowest BCUT2D eigenvalue weighted by Crippen LogP contribution is -2.59. The van der Waals surface area contributed by atoms with Gasteiger partial charge in [-0.15, -0.1) is 0 Å². The summed E-state index contributed by atoms with van der Waals surface area (Å²) in [6, 6.07) is 0. The van der Waals surface area contributed by atoms with E-state index in [1.165, 1.54) is 19.3 Å². The van der Waals surface area contributed by atoms with Gasteiger partial charge in [-0.25, -0.2) is 0 Å². The molecule has 0 aromatic rings. The van der Waals surface area contributed by atoms with Gasteiger partial charge in [0.2, 0.25) is 5.91 Å². The molecular weight excluding hydrogens is 240 g/mol. The van der Waals surface area contributed by atoms with Crippen molar-refractivity contribution < 1.29 is 9.53 Å². The zero-order chi connectivity index (χ0) is 14.3. The number of unbranched alkanes of at least 4 members (excludes halogenated alkanes) is 1. The van der Waals surface area contributed by atoms with E-state index in [-0.39, 0.29) is 5.91 Å². The minimum absolute atomic E-state index is 0.279. The van der Waals surface area contributed by atoms with Crippen LogP contribution < -0.4 is 11.1 Å². The Labute approximate surface area is 117 Å². The van der Waals surface area contributed by atoms with Gasteiger partial charge in [0.05, 0.1) is 6.61 Å². The highest BCUT2D eigenvalue weighted by Gasteiger charge is 2.49. The molecular formula is C15H30N2O2. The lowest BCUT2D eigenvalue weighted by atomic mass is 9.93. The summed E-state index contributed by atoms with van der Waals surface area (Å²) in [6.45, 7) is 5.55. The first kappa shape index (κ1) is 16.4. The normalized spacial score (nSPS) is 19.9. The fourth-order valence-electron chi connectivity index (χ4n) is 2.65. The summed E-state index contributed by atoms with van der Waals surface area (Å²) in [4.78, 5) is 11.7. The topological polar surface area (TPSA) is 64.3 Å². The summed E-state index contributed by atoms with van der Waals surface area (Å²) < 4.78 is 5.84. The van der Waals surface area contributed by atoms with Crippen molar-refractivity contribution in [3.63, 3.8) is 0 Å². The van der Waals surface area contributed by atoms with Crippen LogP contribution in [0.2, 0.25) is 0 Å². The van der Waals surface area contributed by atoms with Crippen LogP contribution in [0.25, 0.3) is 0 Å². The lowest BCUT2D eigenvalue weighted by molar-refractivity contribution is -0.128. The Morgan fingerprint density at radius 2 is 2.16 bits per heavy atom. The zero-order valence-corrected chi connectivity index (χ0v) is 12.7. The van der Waals surface area contributed by atoms with Crippen molar-refractivity contribution in [1.82, 2.24) is 5.32 Å². The average Bonchev–Trinajstić information content (AvgIpc) is 3.23. The molecule has 0 aromatic heterocycles. The van der Waals surface area contributed by atoms with Crippen LogP contribution in [-0.2, 0) is 9.53 Å². The number of nitrogens with one attached hydrogen (secondary N) is 1. The van der Waals surface area contributed by atoms with Crippen molar-refractivity contribution >= 4 is 5.91 Å². The highest BCUT2D eigenvalue weighted by molar-refractivity contribution is 5.85. The number of ether oxygens (including phenoxy) is 1. The molecule has 1 saturated carbocycles. The van der Waals surface area contributed by atoms with Crippen molar-refractivity contribution in [3.05, 3.63) is 0 Å². The zero-order valence-electron chi connectivity index (χ0n) is 12.7. The van der Waals surface area contributed by atoms with E-state index in [9.17, 15) is 4.79 Å². The highest BCUT2D eigenvalue weighted by atomic mass is 16.5. The molecule has 1 rings (SSSR count). The first-order valence-corrected chi connectivity index (χ1v) is 7.67. The second-order valence-electron chi connectivity index (χ2n) is 5.79. The molecule has 0 spiro atoms. The molecule has 4 heteroatoms. The Morgan fingerprint density at radius 1 is 1.47 bits per heavy atom. The van der Waals surface area contributed by atoms with Crippen LogP contribution in [0.3, 0.4) is 0 Å². The first-order valence-electron chi connectivity index (χ1n) is 7.67. The largest absolute Gasteiger partial charge is 0.379 e. The third-order valence-electron chi connectivity index (χ3n) is 4.39. The maximum atomic E-state index is 11.7. The van der Waals surface area contributed by atoms with Crippen LogP contribution >= 0.6 is 0 Å². The molecule has 112 valence electrons. The number of likely N-dealkylation sites (N-methyl/N-ethyl adjacent to an activating group) is 1. The van der Waals surface area contributed by atoms with Crippen molar-refractivity contribution in [1.29, 1.82) is 0 Å². The van der Waals surface area contributed by atoms with Gasteiger partial charge in [0, 0.05) is 6.61 Å². The Morgan fingerprint density at radius 3 is 2.58 bits per heavy atom. The van der Waals surface area contributed by atoms with Crippen molar-refractivity contribution in [2.45, 2.75) is 57.9 Å². The first-order chi connectivity index (χ1) is 9.10. The Hall–Kier alpha value is -0.610. The molecule has 0 radical (unpaired) electrons. The summed E-state index contributed by atoms with van der Waals surface area (Å²) in [5.41, 5.74) is 4.92. The molecule has 1 fully saturated rings. The second-order valence-corrected chi connectivity index (χ2v) is 5.79. The van der Waals surface area contributed by atoms with Gasteiger partial charge in [0.15, 0.2) is 0 Å². The van der Waals surface area contributed by atoms with E-state index >= 15 is 0 Å². The summed E-state index contributed by atoms with van der Waals surface area (Å²) in [5, 5.41) is 3.11. The van der Waals surface area contributed by atoms with E-state index in [0.717, 1.165) is 25.9 Å². The molecule has 2 unspecified atom stereocenters. The second kappa shape index (κ2) is 7.85. The average molecular weight is 270 g/mol. The quantitative estimate of drug-likeness (QED) is 0.604. The predicted octanol–water partition coefficient (Wildman–Crippen LogP) is 2.07. The smallest absolute Gasteiger partial charge is 0.240 e. The van der Waals surface area contributed by atoms with Gasteiger partial charge >= 0.3 is 0 Å². The number of rotatable bonds is 11. The molecule has 0 heterocycles. The minimum atomic E-state index is -0.650. The van der Waals surface area contributed by atoms with Crippen LogP contribution in [0, 0.1) is 11.8 Å². The Balaban J connectivity index is 2.41. The summed E-state index contributed by atoms with van der Waals surface area (Å²) in [7, 11) is 1.81. The van der Waals surface area contributed by atoms with Crippen molar-refractivity contribution in [2.75, 3.05) is 20.3 Å². The third-order valence-corrected chi connectivity index (χ3v) is 4.39. The molecule has 4 nitrogen and oxygen atoms in total. The monoisotopic (exact) mass is 270 g/mol. The molecule has 0 aromatic carbocycles. The summed E-state index contributed by atoms with van der Waals surface area (Å²) >= 11 is 0. The van der Waals surface area contributed by atoms with Crippen molar-refractivity contribution in [3.8, 4) is 0 Å². The van der Waals surface area contributed by atoms with Gasteiger partial charge in [0.25, 0.3) is 0 Å². The molecule has 0 saturated heterocycles. The molecule has 1 aliphatic carbocycles. The number of carbonyl (C=O) groups is 1. The van der Waals surface area contributed by atoms with Crippen LogP contribution in [-0.4, -0.2) is 31.7 Å². The number of primary amides is 1. The van der Waals surface area contributed by atoms with Gasteiger partial charge in [-0.05, 0) is 38.1 Å². The van der Waals surface area contributed by atoms with E-state index in [0.29, 0.717) is 18.4 Å². The van der Waals surface area contributed by atoms with Gasteiger partial charge in [0.1, 0.15) is 5.54 Å². The van der Waals surface area contributed by atoms with E-state index in [1.54, 1.807) is 7.05 Å². The van der Waals surface area contributed by atoms with Gasteiger partial charge in [-0.2, -0.15) is 0 Å². The molecule has 0 aliphatic heterocycles. The van der Waals surface area contributed by atoms with E-state index in [4.69, 9.17) is 10.5 Å². The van der Waals surface area contributed by atoms with Gasteiger partial charge < -0.3 is 15.8 Å². The number of hydrogen-bond donors (Lipinski definition) is 2. The lowest BCUT2D eigenvalue weighted by Gasteiger charge is -2.30. The van der Waals surface area contributed by atoms with E-state index < -0.39 is 5.54 Å². The fraction of sp³-hybridized carbons (Fsp3) is 0.933. The van der Waals surface area contributed by atoms with Crippen molar-refractivity contribution in [2.24, 2.45) is 17.6 Å².